The van der Waals surface area contributed by atoms with Crippen LogP contribution in [0.1, 0.15) is 49.1 Å². The van der Waals surface area contributed by atoms with Gasteiger partial charge in [0.2, 0.25) is 5.91 Å². The van der Waals surface area contributed by atoms with E-state index in [0.29, 0.717) is 33.6 Å². The Morgan fingerprint density at radius 3 is 2.76 bits per heavy atom. The van der Waals surface area contributed by atoms with Crippen LogP contribution in [0, 0.1) is 6.92 Å². The third-order valence-electron chi connectivity index (χ3n) is 8.80. The van der Waals surface area contributed by atoms with Crippen LogP contribution in [0.3, 0.4) is 0 Å². The molecule has 0 saturated carbocycles. The summed E-state index contributed by atoms with van der Waals surface area (Å²) < 4.78 is 1.83. The Morgan fingerprint density at radius 2 is 2.00 bits per heavy atom. The summed E-state index contributed by atoms with van der Waals surface area (Å²) in [5.74, 6) is 0.742. The summed E-state index contributed by atoms with van der Waals surface area (Å²) in [5.41, 5.74) is 5.66. The van der Waals surface area contributed by atoms with Gasteiger partial charge in [-0.3, -0.25) is 14.3 Å². The molecule has 1 fully saturated rings. The number of carbonyl (C=O) groups is 1. The number of pyridine rings is 1. The molecule has 42 heavy (non-hydrogen) atoms. The minimum Gasteiger partial charge on any atom is -0.350 e. The van der Waals surface area contributed by atoms with Crippen molar-refractivity contribution in [2.45, 2.75) is 46.1 Å². The molecule has 7 nitrogen and oxygen atoms in total. The standard InChI is InChI=1S/C34H34N5O2P/c1-6-27(40)37-15-16-38(21(5)18-37)33-24-17-26-29-23(11-7-9-22-10-8-12-25(42-26)28(22)29)32(24)39(34(41)36-33)31-20(4)13-14-35-30(31)19(2)3/h6-8,10-14,17,19,21,42H,1,9,15-16,18H2,2-5H3/t21-/m0/s1. The molecule has 2 aliphatic rings. The molecule has 212 valence electrons. The lowest BCUT2D eigenvalue weighted by molar-refractivity contribution is -0.126. The predicted molar refractivity (Wildman–Crippen MR) is 175 cm³/mol. The molecule has 0 bridgehead atoms. The Kier molecular flexibility index (Phi) is 6.32. The van der Waals surface area contributed by atoms with Gasteiger partial charge in [0.1, 0.15) is 5.82 Å². The second kappa shape index (κ2) is 9.95. The monoisotopic (exact) mass is 575 g/mol. The van der Waals surface area contributed by atoms with Gasteiger partial charge in [-0.2, -0.15) is 4.98 Å². The van der Waals surface area contributed by atoms with Crippen molar-refractivity contribution in [3.63, 3.8) is 0 Å². The summed E-state index contributed by atoms with van der Waals surface area (Å²) in [7, 11) is 0.544. The normalized spacial score (nSPS) is 16.9. The second-order valence-corrected chi connectivity index (χ2v) is 13.1. The van der Waals surface area contributed by atoms with E-state index in [1.54, 1.807) is 0 Å². The molecule has 8 heteroatoms. The number of carbonyl (C=O) groups excluding carboxylic acids is 1. The third-order valence-corrected chi connectivity index (χ3v) is 10.1. The molecule has 4 heterocycles. The van der Waals surface area contributed by atoms with Crippen molar-refractivity contribution < 1.29 is 4.79 Å². The zero-order valence-corrected chi connectivity index (χ0v) is 25.4. The number of rotatable bonds is 4. The van der Waals surface area contributed by atoms with Gasteiger partial charge in [0.15, 0.2) is 0 Å². The van der Waals surface area contributed by atoms with Gasteiger partial charge in [-0.1, -0.05) is 50.8 Å². The SMILES string of the molecule is C=CC(=O)N1CCN(c2nc(=O)n(-c3c(C)ccnc3C(C)C)c3c4c5c(cc23)[pH]c2cccc(c25)CC=C4)[C@@H](C)C1. The highest BCUT2D eigenvalue weighted by Gasteiger charge is 2.31. The van der Waals surface area contributed by atoms with Gasteiger partial charge in [-0.05, 0) is 66.0 Å². The second-order valence-electron chi connectivity index (χ2n) is 11.8. The Morgan fingerprint density at radius 1 is 1.17 bits per heavy atom. The van der Waals surface area contributed by atoms with Crippen molar-refractivity contribution in [1.29, 1.82) is 0 Å². The van der Waals surface area contributed by atoms with Gasteiger partial charge in [0.05, 0.1) is 16.9 Å². The third kappa shape index (κ3) is 3.94. The smallest absolute Gasteiger partial charge is 0.350 e. The minimum absolute atomic E-state index is 0.0193. The molecule has 1 aliphatic carbocycles. The Bertz CT molecular complexity index is 2040. The average Bonchev–Trinajstić information content (AvgIpc) is 3.23. The molecule has 1 aliphatic heterocycles. The number of hydrogen-bond acceptors (Lipinski definition) is 5. The molecule has 1 unspecified atom stereocenters. The number of allylic oxidation sites excluding steroid dienone is 1. The number of fused-ring (bicyclic) bond motifs is 2. The van der Waals surface area contributed by atoms with Crippen molar-refractivity contribution in [1.82, 2.24) is 19.4 Å². The van der Waals surface area contributed by atoms with Crippen molar-refractivity contribution >= 4 is 57.9 Å². The molecule has 0 spiro atoms. The van der Waals surface area contributed by atoms with E-state index in [1.165, 1.54) is 32.6 Å². The van der Waals surface area contributed by atoms with Crippen molar-refractivity contribution in [3.05, 3.63) is 88.1 Å². The van der Waals surface area contributed by atoms with Crippen LogP contribution in [0.15, 0.2) is 60.1 Å². The Labute approximate surface area is 246 Å². The number of anilines is 1. The first-order chi connectivity index (χ1) is 20.3. The van der Waals surface area contributed by atoms with E-state index in [0.717, 1.165) is 39.8 Å². The topological polar surface area (TPSA) is 71.3 Å². The van der Waals surface area contributed by atoms with Crippen LogP contribution in [-0.4, -0.2) is 51.0 Å². The van der Waals surface area contributed by atoms with E-state index in [1.807, 2.05) is 28.7 Å². The molecule has 1 saturated heterocycles. The highest BCUT2D eigenvalue weighted by atomic mass is 31.0. The maximum atomic E-state index is 14.4. The van der Waals surface area contributed by atoms with Crippen molar-refractivity contribution in [2.75, 3.05) is 24.5 Å². The summed E-state index contributed by atoms with van der Waals surface area (Å²) in [6.07, 6.45) is 8.49. The molecule has 5 aromatic rings. The maximum Gasteiger partial charge on any atom is 0.354 e. The highest BCUT2D eigenvalue weighted by Crippen LogP contribution is 2.47. The Balaban J connectivity index is 1.61. The molecule has 3 aromatic heterocycles. The van der Waals surface area contributed by atoms with Gasteiger partial charge in [0, 0.05) is 53.3 Å². The van der Waals surface area contributed by atoms with Gasteiger partial charge in [-0.15, -0.1) is 8.19 Å². The first-order valence-corrected chi connectivity index (χ1v) is 15.6. The average molecular weight is 576 g/mol. The van der Waals surface area contributed by atoms with Gasteiger partial charge in [0.25, 0.3) is 0 Å². The van der Waals surface area contributed by atoms with Crippen LogP contribution in [-0.2, 0) is 11.2 Å². The fraction of sp³-hybridized carbons (Fsp3) is 0.294. The lowest BCUT2D eigenvalue weighted by atomic mass is 9.99. The van der Waals surface area contributed by atoms with Gasteiger partial charge < -0.3 is 9.80 Å². The molecule has 2 atom stereocenters. The molecule has 2 aromatic carbocycles. The van der Waals surface area contributed by atoms with Gasteiger partial charge in [-0.25, -0.2) is 4.79 Å². The summed E-state index contributed by atoms with van der Waals surface area (Å²) in [4.78, 5) is 40.4. The first kappa shape index (κ1) is 26.7. The lowest BCUT2D eigenvalue weighted by Crippen LogP contribution is -2.54. The number of amides is 1. The number of piperazine rings is 1. The van der Waals surface area contributed by atoms with Crippen LogP contribution < -0.4 is 10.6 Å². The van der Waals surface area contributed by atoms with Crippen LogP contribution in [0.5, 0.6) is 0 Å². The minimum atomic E-state index is -0.310. The number of benzene rings is 2. The van der Waals surface area contributed by atoms with E-state index in [-0.39, 0.29) is 23.6 Å². The predicted octanol–water partition coefficient (Wildman–Crippen LogP) is 6.34. The summed E-state index contributed by atoms with van der Waals surface area (Å²) in [5, 5.41) is 6.18. The molecule has 1 amide bonds. The number of nitrogens with zero attached hydrogens (tertiary/aromatic N) is 5. The van der Waals surface area contributed by atoms with E-state index in [2.05, 4.69) is 68.7 Å². The summed E-state index contributed by atoms with van der Waals surface area (Å²) in [6, 6.07) is 10.9. The fourth-order valence-corrected chi connectivity index (χ4v) is 8.34. The highest BCUT2D eigenvalue weighted by molar-refractivity contribution is 7.44. The van der Waals surface area contributed by atoms with E-state index in [9.17, 15) is 9.59 Å². The van der Waals surface area contributed by atoms with Crippen molar-refractivity contribution in [3.8, 4) is 5.69 Å². The van der Waals surface area contributed by atoms with Crippen LogP contribution >= 0.6 is 8.19 Å². The number of aryl methyl sites for hydroxylation is 1. The van der Waals surface area contributed by atoms with Crippen molar-refractivity contribution in [2.24, 2.45) is 0 Å². The first-order valence-electron chi connectivity index (χ1n) is 14.6. The lowest BCUT2D eigenvalue weighted by Gasteiger charge is -2.40. The molecule has 0 radical (unpaired) electrons. The fourth-order valence-electron chi connectivity index (χ4n) is 6.86. The maximum absolute atomic E-state index is 14.4. The zero-order valence-electron chi connectivity index (χ0n) is 24.4. The van der Waals surface area contributed by atoms with Gasteiger partial charge >= 0.3 is 5.69 Å². The Hall–Kier alpha value is -4.22. The number of aromatic nitrogens is 3. The molecular weight excluding hydrogens is 541 g/mol. The molecule has 0 N–H and O–H groups in total. The van der Waals surface area contributed by atoms with Crippen LogP contribution in [0.2, 0.25) is 0 Å². The molecule has 7 rings (SSSR count). The largest absolute Gasteiger partial charge is 0.354 e. The van der Waals surface area contributed by atoms with E-state index < -0.39 is 0 Å². The van der Waals surface area contributed by atoms with E-state index >= 15 is 0 Å². The number of hydrogen-bond donors (Lipinski definition) is 0. The van der Waals surface area contributed by atoms with E-state index in [4.69, 9.17) is 9.97 Å². The van der Waals surface area contributed by atoms with Crippen LogP contribution in [0.4, 0.5) is 5.82 Å². The summed E-state index contributed by atoms with van der Waals surface area (Å²) >= 11 is 0. The zero-order chi connectivity index (χ0) is 29.3. The quantitative estimate of drug-likeness (QED) is 0.234. The van der Waals surface area contributed by atoms with Crippen LogP contribution in [0.25, 0.3) is 43.7 Å². The molecular formula is C34H34N5O2P. The summed E-state index contributed by atoms with van der Waals surface area (Å²) in [6.45, 7) is 13.7.